The molecule has 0 aliphatic heterocycles. The van der Waals surface area contributed by atoms with Crippen LogP contribution in [0.4, 0.5) is 0 Å². The molecule has 0 radical (unpaired) electrons. The third-order valence-electron chi connectivity index (χ3n) is 3.45. The number of carboxylic acid groups (broad SMARTS) is 1. The summed E-state index contributed by atoms with van der Waals surface area (Å²) in [5.74, 6) is -0.141. The molecule has 1 aliphatic carbocycles. The zero-order chi connectivity index (χ0) is 12.3. The molecule has 92 valence electrons. The second-order valence-corrected chi connectivity index (χ2v) is 4.73. The van der Waals surface area contributed by atoms with Crippen molar-refractivity contribution in [3.05, 3.63) is 29.8 Å². The first-order chi connectivity index (χ1) is 8.14. The minimum absolute atomic E-state index is 0.608. The summed E-state index contributed by atoms with van der Waals surface area (Å²) in [5.41, 5.74) is -0.0247. The van der Waals surface area contributed by atoms with Gasteiger partial charge in [-0.05, 0) is 44.2 Å². The van der Waals surface area contributed by atoms with Gasteiger partial charge >= 0.3 is 5.97 Å². The largest absolute Gasteiger partial charge is 0.478 e. The highest BCUT2D eigenvalue weighted by Crippen LogP contribution is 2.34. The summed E-state index contributed by atoms with van der Waals surface area (Å²) >= 11 is 0. The number of para-hydroxylation sites is 1. The summed E-state index contributed by atoms with van der Waals surface area (Å²) < 4.78 is 5.84. The van der Waals surface area contributed by atoms with E-state index in [-0.39, 0.29) is 0 Å². The van der Waals surface area contributed by atoms with Crippen LogP contribution in [0.1, 0.15) is 37.7 Å². The van der Waals surface area contributed by atoms with Crippen molar-refractivity contribution in [2.45, 2.75) is 44.6 Å². The Balaban J connectivity index is 2.24. The number of carboxylic acids is 1. The van der Waals surface area contributed by atoms with Crippen LogP contribution in [0.2, 0.25) is 0 Å². The van der Waals surface area contributed by atoms with Gasteiger partial charge in [-0.15, -0.1) is 0 Å². The molecule has 0 spiro atoms. The number of aliphatic carboxylic acids is 1. The number of hydrogen-bond acceptors (Lipinski definition) is 2. The van der Waals surface area contributed by atoms with Crippen LogP contribution in [0, 0.1) is 6.92 Å². The van der Waals surface area contributed by atoms with E-state index in [1.165, 1.54) is 0 Å². The average molecular weight is 234 g/mol. The Morgan fingerprint density at radius 3 is 2.47 bits per heavy atom. The van der Waals surface area contributed by atoms with Crippen molar-refractivity contribution in [1.82, 2.24) is 0 Å². The first-order valence-corrected chi connectivity index (χ1v) is 6.12. The second-order valence-electron chi connectivity index (χ2n) is 4.73. The molecule has 0 saturated heterocycles. The summed E-state index contributed by atoms with van der Waals surface area (Å²) in [6.45, 7) is 1.94. The van der Waals surface area contributed by atoms with Gasteiger partial charge < -0.3 is 9.84 Å². The van der Waals surface area contributed by atoms with Crippen molar-refractivity contribution in [2.24, 2.45) is 0 Å². The van der Waals surface area contributed by atoms with Crippen LogP contribution in [0.5, 0.6) is 5.75 Å². The molecule has 3 nitrogen and oxygen atoms in total. The normalized spacial score (nSPS) is 18.6. The average Bonchev–Trinajstić information content (AvgIpc) is 2.33. The Kier molecular flexibility index (Phi) is 3.36. The fourth-order valence-electron chi connectivity index (χ4n) is 2.36. The molecular weight excluding hydrogens is 216 g/mol. The van der Waals surface area contributed by atoms with E-state index in [1.54, 1.807) is 0 Å². The molecule has 0 bridgehead atoms. The lowest BCUT2D eigenvalue weighted by molar-refractivity contribution is -0.158. The maximum absolute atomic E-state index is 11.5. The zero-order valence-corrected chi connectivity index (χ0v) is 10.1. The van der Waals surface area contributed by atoms with E-state index in [9.17, 15) is 9.90 Å². The lowest BCUT2D eigenvalue weighted by atomic mass is 9.84. The molecular formula is C14H18O3. The quantitative estimate of drug-likeness (QED) is 0.873. The predicted molar refractivity (Wildman–Crippen MR) is 65.3 cm³/mol. The molecule has 0 atom stereocenters. The van der Waals surface area contributed by atoms with Crippen molar-refractivity contribution < 1.29 is 14.6 Å². The minimum Gasteiger partial charge on any atom is -0.478 e. The van der Waals surface area contributed by atoms with Gasteiger partial charge in [-0.1, -0.05) is 24.6 Å². The van der Waals surface area contributed by atoms with Crippen LogP contribution in [-0.4, -0.2) is 16.7 Å². The molecule has 3 heteroatoms. The molecule has 0 amide bonds. The fraction of sp³-hybridized carbons (Fsp3) is 0.500. The molecule has 0 aromatic heterocycles. The second kappa shape index (κ2) is 4.78. The van der Waals surface area contributed by atoms with Gasteiger partial charge in [0.05, 0.1) is 0 Å². The van der Waals surface area contributed by atoms with Crippen LogP contribution >= 0.6 is 0 Å². The van der Waals surface area contributed by atoms with E-state index in [4.69, 9.17) is 4.74 Å². The maximum atomic E-state index is 11.5. The molecule has 0 unspecified atom stereocenters. The standard InChI is InChI=1S/C14H18O3/c1-11-7-3-4-8-12(11)17-14(13(15)16)9-5-2-6-10-14/h3-4,7-8H,2,5-6,9-10H2,1H3,(H,15,16). The Hall–Kier alpha value is -1.51. The summed E-state index contributed by atoms with van der Waals surface area (Å²) in [7, 11) is 0. The summed E-state index contributed by atoms with van der Waals surface area (Å²) in [5, 5.41) is 9.42. The SMILES string of the molecule is Cc1ccccc1OC1(C(=O)O)CCCCC1. The van der Waals surface area contributed by atoms with E-state index in [0.29, 0.717) is 18.6 Å². The van der Waals surface area contributed by atoms with Gasteiger partial charge in [0.1, 0.15) is 5.75 Å². The maximum Gasteiger partial charge on any atom is 0.348 e. The van der Waals surface area contributed by atoms with Gasteiger partial charge in [-0.2, -0.15) is 0 Å². The van der Waals surface area contributed by atoms with Crippen molar-refractivity contribution in [2.75, 3.05) is 0 Å². The van der Waals surface area contributed by atoms with E-state index >= 15 is 0 Å². The number of hydrogen-bond donors (Lipinski definition) is 1. The highest BCUT2D eigenvalue weighted by atomic mass is 16.5. The van der Waals surface area contributed by atoms with Gasteiger partial charge in [-0.3, -0.25) is 0 Å². The van der Waals surface area contributed by atoms with E-state index < -0.39 is 11.6 Å². The van der Waals surface area contributed by atoms with Gasteiger partial charge in [0.2, 0.25) is 5.60 Å². The van der Waals surface area contributed by atoms with E-state index in [2.05, 4.69) is 0 Å². The van der Waals surface area contributed by atoms with Crippen molar-refractivity contribution in [3.63, 3.8) is 0 Å². The van der Waals surface area contributed by atoms with Gasteiger partial charge in [0.15, 0.2) is 0 Å². The van der Waals surface area contributed by atoms with Gasteiger partial charge in [0.25, 0.3) is 0 Å². The monoisotopic (exact) mass is 234 g/mol. The highest BCUT2D eigenvalue weighted by molar-refractivity contribution is 5.78. The molecule has 0 heterocycles. The lowest BCUT2D eigenvalue weighted by Gasteiger charge is -2.34. The number of benzene rings is 1. The Labute approximate surface area is 101 Å². The summed E-state index contributed by atoms with van der Waals surface area (Å²) in [6, 6.07) is 7.58. The third-order valence-corrected chi connectivity index (χ3v) is 3.45. The zero-order valence-electron chi connectivity index (χ0n) is 10.1. The molecule has 1 N–H and O–H groups in total. The van der Waals surface area contributed by atoms with Gasteiger partial charge in [0, 0.05) is 0 Å². The minimum atomic E-state index is -1.01. The summed E-state index contributed by atoms with van der Waals surface area (Å²) in [4.78, 5) is 11.5. The molecule has 1 aliphatic rings. The number of rotatable bonds is 3. The summed E-state index contributed by atoms with van der Waals surface area (Å²) in [6.07, 6.45) is 4.18. The van der Waals surface area contributed by atoms with Crippen LogP contribution in [0.25, 0.3) is 0 Å². The Bertz CT molecular complexity index is 406. The van der Waals surface area contributed by atoms with Gasteiger partial charge in [-0.25, -0.2) is 4.79 Å². The van der Waals surface area contributed by atoms with Crippen molar-refractivity contribution in [3.8, 4) is 5.75 Å². The number of carbonyl (C=O) groups is 1. The molecule has 17 heavy (non-hydrogen) atoms. The van der Waals surface area contributed by atoms with E-state index in [0.717, 1.165) is 24.8 Å². The molecule has 1 aromatic rings. The Morgan fingerprint density at radius 1 is 1.24 bits per heavy atom. The molecule has 1 fully saturated rings. The van der Waals surface area contributed by atoms with Crippen LogP contribution in [0.3, 0.4) is 0 Å². The smallest absolute Gasteiger partial charge is 0.348 e. The van der Waals surface area contributed by atoms with Crippen LogP contribution < -0.4 is 4.74 Å². The van der Waals surface area contributed by atoms with Crippen molar-refractivity contribution in [1.29, 1.82) is 0 Å². The fourth-order valence-corrected chi connectivity index (χ4v) is 2.36. The molecule has 1 aromatic carbocycles. The number of aryl methyl sites for hydroxylation is 1. The topological polar surface area (TPSA) is 46.5 Å². The van der Waals surface area contributed by atoms with Crippen molar-refractivity contribution >= 4 is 5.97 Å². The molecule has 1 saturated carbocycles. The molecule has 2 rings (SSSR count). The Morgan fingerprint density at radius 2 is 1.88 bits per heavy atom. The first-order valence-electron chi connectivity index (χ1n) is 6.12. The first kappa shape index (κ1) is 12.0. The third kappa shape index (κ3) is 2.43. The lowest BCUT2D eigenvalue weighted by Crippen LogP contribution is -2.46. The van der Waals surface area contributed by atoms with Crippen LogP contribution in [-0.2, 0) is 4.79 Å². The number of ether oxygens (including phenoxy) is 1. The van der Waals surface area contributed by atoms with E-state index in [1.807, 2.05) is 31.2 Å². The van der Waals surface area contributed by atoms with Crippen LogP contribution in [0.15, 0.2) is 24.3 Å². The predicted octanol–water partition coefficient (Wildman–Crippen LogP) is 3.16. The highest BCUT2D eigenvalue weighted by Gasteiger charge is 2.42.